The number of halogens is 1. The molecule has 6 heteroatoms. The molecule has 0 spiro atoms. The molecule has 142 valence electrons. The van der Waals surface area contributed by atoms with Crippen molar-refractivity contribution in [2.24, 2.45) is 5.92 Å². The van der Waals surface area contributed by atoms with Gasteiger partial charge in [0.2, 0.25) is 0 Å². The Morgan fingerprint density at radius 3 is 2.48 bits per heavy atom. The molecule has 0 aliphatic carbocycles. The van der Waals surface area contributed by atoms with Crippen LogP contribution in [0.4, 0.5) is 0 Å². The lowest BCUT2D eigenvalue weighted by molar-refractivity contribution is 0.0691. The van der Waals surface area contributed by atoms with Gasteiger partial charge in [0.05, 0.1) is 0 Å². The summed E-state index contributed by atoms with van der Waals surface area (Å²) in [4.78, 5) is 31.1. The highest BCUT2D eigenvalue weighted by molar-refractivity contribution is 6.30. The summed E-state index contributed by atoms with van der Waals surface area (Å²) in [5.74, 6) is 0.281. The van der Waals surface area contributed by atoms with E-state index in [2.05, 4.69) is 17.2 Å². The first-order valence-electron chi connectivity index (χ1n) is 9.32. The van der Waals surface area contributed by atoms with E-state index in [9.17, 15) is 9.59 Å². The fourth-order valence-corrected chi connectivity index (χ4v) is 3.24. The summed E-state index contributed by atoms with van der Waals surface area (Å²) < 4.78 is 0. The number of carbonyl (C=O) groups is 2. The summed E-state index contributed by atoms with van der Waals surface area (Å²) in [6.07, 6.45) is 2.72. The number of aromatic nitrogens is 1. The Balaban J connectivity index is 1.56. The summed E-state index contributed by atoms with van der Waals surface area (Å²) >= 11 is 5.87. The van der Waals surface area contributed by atoms with Crippen LogP contribution in [0, 0.1) is 5.92 Å². The van der Waals surface area contributed by atoms with E-state index >= 15 is 0 Å². The molecule has 0 saturated carbocycles. The smallest absolute Gasteiger partial charge is 0.272 e. The molecular formula is C21H24ClN3O2. The molecule has 3 rings (SSSR count). The Labute approximate surface area is 164 Å². The Bertz CT molecular complexity index is 799. The van der Waals surface area contributed by atoms with Crippen LogP contribution in [0.5, 0.6) is 0 Å². The quantitative estimate of drug-likeness (QED) is 0.855. The standard InChI is InChI=1S/C21H24ClN3O2/c1-15-10-13-25(14-11-15)21(27)19-4-2-3-18(24-19)20(26)23-12-9-16-5-7-17(22)8-6-16/h2-8,15H,9-14H2,1H3,(H,23,26). The Morgan fingerprint density at radius 1 is 1.11 bits per heavy atom. The van der Waals surface area contributed by atoms with E-state index in [0.29, 0.717) is 29.6 Å². The van der Waals surface area contributed by atoms with Crippen molar-refractivity contribution in [2.45, 2.75) is 26.2 Å². The van der Waals surface area contributed by atoms with Crippen LogP contribution < -0.4 is 5.32 Å². The van der Waals surface area contributed by atoms with Crippen LogP contribution in [-0.4, -0.2) is 41.3 Å². The van der Waals surface area contributed by atoms with Gasteiger partial charge in [-0.2, -0.15) is 0 Å². The number of nitrogens with one attached hydrogen (secondary N) is 1. The van der Waals surface area contributed by atoms with Crippen molar-refractivity contribution in [3.63, 3.8) is 0 Å². The van der Waals surface area contributed by atoms with Gasteiger partial charge in [0.1, 0.15) is 11.4 Å². The van der Waals surface area contributed by atoms with Crippen LogP contribution in [0.1, 0.15) is 46.3 Å². The van der Waals surface area contributed by atoms with Crippen molar-refractivity contribution in [1.82, 2.24) is 15.2 Å². The van der Waals surface area contributed by atoms with E-state index < -0.39 is 0 Å². The number of benzene rings is 1. The lowest BCUT2D eigenvalue weighted by Gasteiger charge is -2.30. The minimum Gasteiger partial charge on any atom is -0.350 e. The molecule has 2 aromatic rings. The van der Waals surface area contributed by atoms with Crippen molar-refractivity contribution in [2.75, 3.05) is 19.6 Å². The van der Waals surface area contributed by atoms with Gasteiger partial charge < -0.3 is 10.2 Å². The maximum absolute atomic E-state index is 12.6. The predicted octanol–water partition coefficient (Wildman–Crippen LogP) is 3.58. The van der Waals surface area contributed by atoms with Crippen LogP contribution >= 0.6 is 11.6 Å². The summed E-state index contributed by atoms with van der Waals surface area (Å²) in [7, 11) is 0. The van der Waals surface area contributed by atoms with Crippen molar-refractivity contribution in [1.29, 1.82) is 0 Å². The molecular weight excluding hydrogens is 362 g/mol. The average molecular weight is 386 g/mol. The van der Waals surface area contributed by atoms with E-state index in [1.54, 1.807) is 18.2 Å². The number of hydrogen-bond donors (Lipinski definition) is 1. The van der Waals surface area contributed by atoms with Crippen molar-refractivity contribution in [3.8, 4) is 0 Å². The van der Waals surface area contributed by atoms with Crippen LogP contribution in [0.3, 0.4) is 0 Å². The van der Waals surface area contributed by atoms with Gasteiger partial charge in [-0.25, -0.2) is 4.98 Å². The average Bonchev–Trinajstić information content (AvgIpc) is 2.69. The molecule has 1 aromatic heterocycles. The van der Waals surface area contributed by atoms with E-state index in [1.807, 2.05) is 29.2 Å². The fraction of sp³-hybridized carbons (Fsp3) is 0.381. The van der Waals surface area contributed by atoms with E-state index in [4.69, 9.17) is 11.6 Å². The summed E-state index contributed by atoms with van der Waals surface area (Å²) in [6.45, 7) is 4.19. The van der Waals surface area contributed by atoms with Crippen molar-refractivity contribution >= 4 is 23.4 Å². The molecule has 0 radical (unpaired) electrons. The molecule has 1 aromatic carbocycles. The third kappa shape index (κ3) is 5.30. The van der Waals surface area contributed by atoms with Crippen molar-refractivity contribution in [3.05, 3.63) is 64.4 Å². The number of likely N-dealkylation sites (tertiary alicyclic amines) is 1. The molecule has 2 heterocycles. The summed E-state index contributed by atoms with van der Waals surface area (Å²) in [5, 5.41) is 3.55. The molecule has 0 unspecified atom stereocenters. The number of pyridine rings is 1. The topological polar surface area (TPSA) is 62.3 Å². The SMILES string of the molecule is CC1CCN(C(=O)c2cccc(C(=O)NCCc3ccc(Cl)cc3)n2)CC1. The molecule has 0 atom stereocenters. The molecule has 1 aliphatic heterocycles. The van der Waals surface area contributed by atoms with Gasteiger partial charge in [-0.15, -0.1) is 0 Å². The first-order chi connectivity index (χ1) is 13.0. The number of amides is 2. The fourth-order valence-electron chi connectivity index (χ4n) is 3.12. The van der Waals surface area contributed by atoms with Crippen molar-refractivity contribution < 1.29 is 9.59 Å². The van der Waals surface area contributed by atoms with Gasteiger partial charge in [-0.05, 0) is 55.0 Å². The van der Waals surface area contributed by atoms with Crippen LogP contribution in [0.25, 0.3) is 0 Å². The Hall–Kier alpha value is -2.40. The number of piperidine rings is 1. The third-order valence-corrected chi connectivity index (χ3v) is 5.14. The van der Waals surface area contributed by atoms with Crippen LogP contribution in [0.15, 0.2) is 42.5 Å². The molecule has 5 nitrogen and oxygen atoms in total. The normalized spacial score (nSPS) is 14.8. The van der Waals surface area contributed by atoms with Gasteiger partial charge in [-0.1, -0.05) is 36.7 Å². The summed E-state index contributed by atoms with van der Waals surface area (Å²) in [6, 6.07) is 12.5. The number of nitrogens with zero attached hydrogens (tertiary/aromatic N) is 2. The number of hydrogen-bond acceptors (Lipinski definition) is 3. The zero-order chi connectivity index (χ0) is 19.2. The van der Waals surface area contributed by atoms with Crippen LogP contribution in [-0.2, 0) is 6.42 Å². The largest absolute Gasteiger partial charge is 0.350 e. The lowest BCUT2D eigenvalue weighted by Crippen LogP contribution is -2.38. The minimum absolute atomic E-state index is 0.0993. The second kappa shape index (κ2) is 9.00. The third-order valence-electron chi connectivity index (χ3n) is 4.88. The number of carbonyl (C=O) groups excluding carboxylic acids is 2. The minimum atomic E-state index is -0.272. The van der Waals surface area contributed by atoms with E-state index in [1.165, 1.54) is 0 Å². The zero-order valence-electron chi connectivity index (χ0n) is 15.5. The maximum Gasteiger partial charge on any atom is 0.272 e. The molecule has 1 aliphatic rings. The Kier molecular flexibility index (Phi) is 6.45. The Morgan fingerprint density at radius 2 is 1.78 bits per heavy atom. The highest BCUT2D eigenvalue weighted by atomic mass is 35.5. The van der Waals surface area contributed by atoms with Gasteiger partial charge in [0.25, 0.3) is 11.8 Å². The zero-order valence-corrected chi connectivity index (χ0v) is 16.2. The molecule has 0 bridgehead atoms. The van der Waals surface area contributed by atoms with Gasteiger partial charge in [0, 0.05) is 24.7 Å². The second-order valence-corrected chi connectivity index (χ2v) is 7.45. The van der Waals surface area contributed by atoms with Crippen LogP contribution in [0.2, 0.25) is 5.02 Å². The van der Waals surface area contributed by atoms with Gasteiger partial charge in [0.15, 0.2) is 0 Å². The van der Waals surface area contributed by atoms with Gasteiger partial charge in [-0.3, -0.25) is 9.59 Å². The molecule has 2 amide bonds. The monoisotopic (exact) mass is 385 g/mol. The summed E-state index contributed by atoms with van der Waals surface area (Å²) in [5.41, 5.74) is 1.69. The first kappa shape index (κ1) is 19.4. The molecule has 1 fully saturated rings. The van der Waals surface area contributed by atoms with E-state index in [0.717, 1.165) is 31.5 Å². The highest BCUT2D eigenvalue weighted by Gasteiger charge is 2.22. The molecule has 1 N–H and O–H groups in total. The number of rotatable bonds is 5. The second-order valence-electron chi connectivity index (χ2n) is 7.02. The maximum atomic E-state index is 12.6. The molecule has 1 saturated heterocycles. The van der Waals surface area contributed by atoms with Gasteiger partial charge >= 0.3 is 0 Å². The highest BCUT2D eigenvalue weighted by Crippen LogP contribution is 2.17. The first-order valence-corrected chi connectivity index (χ1v) is 9.69. The predicted molar refractivity (Wildman–Crippen MR) is 106 cm³/mol. The van der Waals surface area contributed by atoms with E-state index in [-0.39, 0.29) is 17.5 Å². The molecule has 27 heavy (non-hydrogen) atoms. The lowest BCUT2D eigenvalue weighted by atomic mass is 9.99.